The average Bonchev–Trinajstić information content (AvgIpc) is 2.69. The van der Waals surface area contributed by atoms with Crippen LogP contribution in [0, 0.1) is 0 Å². The lowest BCUT2D eigenvalue weighted by Crippen LogP contribution is -1.95. The first kappa shape index (κ1) is 12.1. The van der Waals surface area contributed by atoms with E-state index in [-0.39, 0.29) is 5.75 Å². The molecule has 3 rings (SSSR count). The largest absolute Gasteiger partial charge is 0.507 e. The topological polar surface area (TPSA) is 62.0 Å². The van der Waals surface area contributed by atoms with E-state index >= 15 is 0 Å². The van der Waals surface area contributed by atoms with Crippen LogP contribution in [0.5, 0.6) is 5.75 Å². The molecule has 4 N–H and O–H groups in total. The van der Waals surface area contributed by atoms with Crippen LogP contribution < -0.4 is 5.73 Å². The van der Waals surface area contributed by atoms with E-state index in [9.17, 15) is 5.11 Å². The summed E-state index contributed by atoms with van der Waals surface area (Å²) >= 11 is 3.51. The van der Waals surface area contributed by atoms with E-state index in [0.29, 0.717) is 17.7 Å². The van der Waals surface area contributed by atoms with E-state index in [1.165, 1.54) is 0 Å². The van der Waals surface area contributed by atoms with Crippen molar-refractivity contribution in [3.05, 3.63) is 47.0 Å². The highest BCUT2D eigenvalue weighted by Crippen LogP contribution is 2.44. The number of hydrogen-bond acceptors (Lipinski definition) is 2. The van der Waals surface area contributed by atoms with Crippen LogP contribution in [0.2, 0.25) is 0 Å². The smallest absolute Gasteiger partial charge is 0.130 e. The second kappa shape index (κ2) is 4.31. The Morgan fingerprint density at radius 1 is 1.42 bits per heavy atom. The summed E-state index contributed by atoms with van der Waals surface area (Å²) in [7, 11) is 0. The van der Waals surface area contributed by atoms with Gasteiger partial charge in [-0.15, -0.1) is 6.58 Å². The molecule has 1 aliphatic carbocycles. The zero-order chi connectivity index (χ0) is 13.6. The van der Waals surface area contributed by atoms with E-state index < -0.39 is 0 Å². The molecule has 3 nitrogen and oxygen atoms in total. The fraction of sp³-hybridized carbons (Fsp3) is 0.0667. The van der Waals surface area contributed by atoms with Gasteiger partial charge in [-0.2, -0.15) is 0 Å². The van der Waals surface area contributed by atoms with Gasteiger partial charge < -0.3 is 15.8 Å². The number of aromatic amines is 1. The first-order chi connectivity index (χ1) is 9.13. The van der Waals surface area contributed by atoms with Gasteiger partial charge >= 0.3 is 0 Å². The molecule has 4 heteroatoms. The average molecular weight is 317 g/mol. The van der Waals surface area contributed by atoms with E-state index in [0.717, 1.165) is 26.6 Å². The van der Waals surface area contributed by atoms with Gasteiger partial charge in [0.05, 0.1) is 22.5 Å². The number of allylic oxidation sites excluding steroid dienone is 1. The molecule has 1 aliphatic heterocycles. The second-order valence-corrected chi connectivity index (χ2v) is 5.36. The van der Waals surface area contributed by atoms with Crippen molar-refractivity contribution >= 4 is 32.5 Å². The van der Waals surface area contributed by atoms with Crippen molar-refractivity contribution in [3.8, 4) is 17.0 Å². The number of nitrogen functional groups attached to an aromatic ring is 1. The zero-order valence-corrected chi connectivity index (χ0v) is 11.8. The van der Waals surface area contributed by atoms with E-state index in [4.69, 9.17) is 5.73 Å². The highest BCUT2D eigenvalue weighted by molar-refractivity contribution is 9.10. The normalized spacial score (nSPS) is 11.2. The molecule has 0 amide bonds. The lowest BCUT2D eigenvalue weighted by Gasteiger charge is -2.11. The summed E-state index contributed by atoms with van der Waals surface area (Å²) in [5.41, 5.74) is 10.1. The molecule has 0 atom stereocenters. The summed E-state index contributed by atoms with van der Waals surface area (Å²) in [6.45, 7) is 3.70. The number of nitrogens with two attached hydrogens (primary N) is 1. The number of fused-ring (bicyclic) bond motifs is 2. The van der Waals surface area contributed by atoms with Crippen molar-refractivity contribution in [2.45, 2.75) is 6.42 Å². The van der Waals surface area contributed by atoms with Gasteiger partial charge in [0.1, 0.15) is 5.75 Å². The third kappa shape index (κ3) is 1.71. The van der Waals surface area contributed by atoms with Crippen LogP contribution in [0.25, 0.3) is 22.2 Å². The van der Waals surface area contributed by atoms with Gasteiger partial charge in [0, 0.05) is 15.4 Å². The van der Waals surface area contributed by atoms with Crippen molar-refractivity contribution < 1.29 is 5.11 Å². The first-order valence-electron chi connectivity index (χ1n) is 5.94. The minimum absolute atomic E-state index is 0.241. The monoisotopic (exact) mass is 316 g/mol. The molecule has 1 aromatic rings. The third-order valence-corrected chi connectivity index (χ3v) is 3.99. The quantitative estimate of drug-likeness (QED) is 0.624. The van der Waals surface area contributed by atoms with Crippen LogP contribution in [0.4, 0.5) is 5.69 Å². The Morgan fingerprint density at radius 3 is 2.95 bits per heavy atom. The fourth-order valence-electron chi connectivity index (χ4n) is 2.43. The van der Waals surface area contributed by atoms with Crippen LogP contribution in [-0.4, -0.2) is 10.1 Å². The Kier molecular flexibility index (Phi) is 2.75. The number of para-hydroxylation sites is 1. The minimum atomic E-state index is 0.241. The van der Waals surface area contributed by atoms with Crippen molar-refractivity contribution in [2.24, 2.45) is 0 Å². The van der Waals surface area contributed by atoms with Gasteiger partial charge in [0.25, 0.3) is 0 Å². The highest BCUT2D eigenvalue weighted by Gasteiger charge is 2.20. The predicted octanol–water partition coefficient (Wildman–Crippen LogP) is 4.05. The highest BCUT2D eigenvalue weighted by atomic mass is 79.9. The maximum absolute atomic E-state index is 10.3. The van der Waals surface area contributed by atoms with Crippen LogP contribution >= 0.6 is 15.9 Å². The van der Waals surface area contributed by atoms with Crippen LogP contribution in [0.3, 0.4) is 0 Å². The summed E-state index contributed by atoms with van der Waals surface area (Å²) in [5, 5.41) is 11.2. The molecule has 96 valence electrons. The van der Waals surface area contributed by atoms with E-state index in [2.05, 4.69) is 27.5 Å². The Bertz CT molecular complexity index is 761. The number of rotatable bonds is 2. The Labute approximate surface area is 119 Å². The van der Waals surface area contributed by atoms with Gasteiger partial charge in [0.2, 0.25) is 0 Å². The van der Waals surface area contributed by atoms with Gasteiger partial charge in [-0.05, 0) is 34.5 Å². The lowest BCUT2D eigenvalue weighted by atomic mass is 10.1. The van der Waals surface area contributed by atoms with Crippen LogP contribution in [0.15, 0.2) is 41.4 Å². The number of hydrogen-bond donors (Lipinski definition) is 3. The molecule has 0 saturated heterocycles. The maximum atomic E-state index is 10.3. The van der Waals surface area contributed by atoms with Gasteiger partial charge in [0.15, 0.2) is 0 Å². The number of benzene rings is 1. The van der Waals surface area contributed by atoms with Crippen LogP contribution in [0.1, 0.15) is 5.56 Å². The molecule has 0 spiro atoms. The molecule has 2 aliphatic rings. The van der Waals surface area contributed by atoms with Gasteiger partial charge in [-0.1, -0.05) is 18.2 Å². The van der Waals surface area contributed by atoms with Gasteiger partial charge in [-0.3, -0.25) is 0 Å². The van der Waals surface area contributed by atoms with Crippen molar-refractivity contribution in [1.82, 2.24) is 4.98 Å². The first-order valence-corrected chi connectivity index (χ1v) is 6.74. The number of aromatic hydroxyl groups is 1. The van der Waals surface area contributed by atoms with Crippen molar-refractivity contribution in [3.63, 3.8) is 0 Å². The zero-order valence-electron chi connectivity index (χ0n) is 10.2. The molecule has 0 bridgehead atoms. The molecule has 1 heterocycles. The predicted molar refractivity (Wildman–Crippen MR) is 82.6 cm³/mol. The molecular weight excluding hydrogens is 304 g/mol. The molecule has 19 heavy (non-hydrogen) atoms. The van der Waals surface area contributed by atoms with Crippen molar-refractivity contribution in [2.75, 3.05) is 5.73 Å². The molecule has 0 saturated carbocycles. The maximum Gasteiger partial charge on any atom is 0.130 e. The second-order valence-electron chi connectivity index (χ2n) is 4.50. The molecule has 0 unspecified atom stereocenters. The SMILES string of the molecule is C=CCc1cc2[nH]c3c(Br)cccc3c(N)c-2c1O. The number of nitrogens with one attached hydrogen (secondary N) is 1. The molecule has 0 radical (unpaired) electrons. The number of H-pyrrole nitrogens is 1. The summed E-state index contributed by atoms with van der Waals surface area (Å²) < 4.78 is 0.949. The van der Waals surface area contributed by atoms with Crippen LogP contribution in [-0.2, 0) is 6.42 Å². The summed E-state index contributed by atoms with van der Waals surface area (Å²) in [4.78, 5) is 3.32. The Hall–Kier alpha value is -1.94. The molecular formula is C15H13BrN2O. The number of anilines is 1. The Balaban J connectivity index is 2.44. The molecule has 0 fully saturated rings. The van der Waals surface area contributed by atoms with Crippen molar-refractivity contribution in [1.29, 1.82) is 0 Å². The number of aromatic nitrogens is 1. The molecule has 0 aromatic heterocycles. The standard InChI is InChI=1S/C15H13BrN2O/c1-2-4-8-7-11-12(15(8)19)13(17)9-5-3-6-10(16)14(9)18-11/h2-3,5-7,18-19H,1,4,17H2. The Morgan fingerprint density at radius 2 is 2.21 bits per heavy atom. The third-order valence-electron chi connectivity index (χ3n) is 3.33. The number of halogens is 1. The fourth-order valence-corrected chi connectivity index (χ4v) is 2.90. The summed E-state index contributed by atoms with van der Waals surface area (Å²) in [6.07, 6.45) is 2.38. The summed E-state index contributed by atoms with van der Waals surface area (Å²) in [6, 6.07) is 7.73. The molecule has 1 aromatic carbocycles. The number of pyridine rings is 1. The van der Waals surface area contributed by atoms with Gasteiger partial charge in [-0.25, -0.2) is 0 Å². The lowest BCUT2D eigenvalue weighted by molar-refractivity contribution is 0.474. The minimum Gasteiger partial charge on any atom is -0.507 e. The van der Waals surface area contributed by atoms with E-state index in [1.807, 2.05) is 24.3 Å². The van der Waals surface area contributed by atoms with E-state index in [1.54, 1.807) is 6.08 Å². The summed E-state index contributed by atoms with van der Waals surface area (Å²) in [5.74, 6) is 0.241.